The number of nitro groups is 1. The molecule has 8 heteroatoms. The van der Waals surface area contributed by atoms with Crippen LogP contribution in [0, 0.1) is 29.4 Å². The van der Waals surface area contributed by atoms with E-state index in [4.69, 9.17) is 0 Å². The van der Waals surface area contributed by atoms with E-state index < -0.39 is 14.9 Å². The highest BCUT2D eigenvalue weighted by molar-refractivity contribution is 7.89. The fourth-order valence-electron chi connectivity index (χ4n) is 2.60. The molecule has 0 saturated carbocycles. The number of non-ortho nitro benzene ring substituents is 1. The van der Waals surface area contributed by atoms with Gasteiger partial charge in [-0.15, -0.1) is 0 Å². The highest BCUT2D eigenvalue weighted by Crippen LogP contribution is 2.27. The fraction of sp³-hybridized carbons (Fsp3) is 0.625. The molecular weight excluding hydrogens is 330 g/mol. The van der Waals surface area contributed by atoms with Gasteiger partial charge in [-0.05, 0) is 51.4 Å². The van der Waals surface area contributed by atoms with Gasteiger partial charge < -0.3 is 4.90 Å². The summed E-state index contributed by atoms with van der Waals surface area (Å²) in [6, 6.07) is 2.16. The standard InChI is InChI=1S/C16H27N3O4S/c1-11-8-14(19(20)21)9-15(12(11)2)24(22,23)17-13(3)16(4,5)10-18(6)7/h8-9,13,17H,10H2,1-7H3/t13-/m1/s1. The van der Waals surface area contributed by atoms with E-state index in [1.165, 1.54) is 6.07 Å². The van der Waals surface area contributed by atoms with Crippen LogP contribution >= 0.6 is 0 Å². The van der Waals surface area contributed by atoms with Crippen LogP contribution in [-0.2, 0) is 10.0 Å². The Bertz CT molecular complexity index is 727. The number of nitrogens with one attached hydrogen (secondary N) is 1. The lowest BCUT2D eigenvalue weighted by molar-refractivity contribution is -0.385. The number of aryl methyl sites for hydroxylation is 1. The van der Waals surface area contributed by atoms with E-state index in [1.807, 2.05) is 32.8 Å². The van der Waals surface area contributed by atoms with Crippen LogP contribution in [0.4, 0.5) is 5.69 Å². The predicted octanol–water partition coefficient (Wildman–Crippen LogP) is 2.47. The highest BCUT2D eigenvalue weighted by Gasteiger charge is 2.32. The molecule has 1 atom stereocenters. The molecule has 7 nitrogen and oxygen atoms in total. The third-order valence-corrected chi connectivity index (χ3v) is 6.00. The summed E-state index contributed by atoms with van der Waals surface area (Å²) in [6.07, 6.45) is 0. The van der Waals surface area contributed by atoms with Crippen molar-refractivity contribution in [1.82, 2.24) is 9.62 Å². The van der Waals surface area contributed by atoms with Gasteiger partial charge in [-0.3, -0.25) is 10.1 Å². The van der Waals surface area contributed by atoms with E-state index in [0.717, 1.165) is 6.07 Å². The minimum Gasteiger partial charge on any atom is -0.309 e. The molecule has 1 aromatic carbocycles. The van der Waals surface area contributed by atoms with Gasteiger partial charge in [-0.25, -0.2) is 13.1 Å². The summed E-state index contributed by atoms with van der Waals surface area (Å²) < 4.78 is 28.2. The molecule has 0 radical (unpaired) electrons. The van der Waals surface area contributed by atoms with E-state index in [9.17, 15) is 18.5 Å². The van der Waals surface area contributed by atoms with Crippen LogP contribution in [0.1, 0.15) is 31.9 Å². The topological polar surface area (TPSA) is 92.5 Å². The molecule has 0 amide bonds. The van der Waals surface area contributed by atoms with Crippen molar-refractivity contribution < 1.29 is 13.3 Å². The number of rotatable bonds is 7. The summed E-state index contributed by atoms with van der Waals surface area (Å²) in [5.41, 5.74) is 0.564. The number of hydrogen-bond donors (Lipinski definition) is 1. The Labute approximate surface area is 144 Å². The maximum atomic E-state index is 12.8. The summed E-state index contributed by atoms with van der Waals surface area (Å²) in [6.45, 7) is 9.78. The van der Waals surface area contributed by atoms with Crippen LogP contribution in [0.15, 0.2) is 17.0 Å². The number of sulfonamides is 1. The summed E-state index contributed by atoms with van der Waals surface area (Å²) in [7, 11) is -0.00538. The van der Waals surface area contributed by atoms with Crippen molar-refractivity contribution in [3.63, 3.8) is 0 Å². The summed E-state index contributed by atoms with van der Waals surface area (Å²) in [5, 5.41) is 11.0. The minimum atomic E-state index is -3.86. The Hall–Kier alpha value is -1.51. The first kappa shape index (κ1) is 20.5. The van der Waals surface area contributed by atoms with Gasteiger partial charge in [0.25, 0.3) is 5.69 Å². The molecule has 1 aromatic rings. The molecule has 0 saturated heterocycles. The molecule has 0 bridgehead atoms. The van der Waals surface area contributed by atoms with E-state index in [2.05, 4.69) is 4.72 Å². The molecule has 0 unspecified atom stereocenters. The van der Waals surface area contributed by atoms with Crippen LogP contribution in [-0.4, -0.2) is 44.9 Å². The molecule has 24 heavy (non-hydrogen) atoms. The van der Waals surface area contributed by atoms with Crippen molar-refractivity contribution in [2.24, 2.45) is 5.41 Å². The third-order valence-electron chi connectivity index (χ3n) is 4.33. The molecule has 0 spiro atoms. The zero-order valence-corrected chi connectivity index (χ0v) is 16.2. The van der Waals surface area contributed by atoms with Gasteiger partial charge in [-0.2, -0.15) is 0 Å². The Balaban J connectivity index is 3.24. The van der Waals surface area contributed by atoms with E-state index >= 15 is 0 Å². The van der Waals surface area contributed by atoms with Crippen LogP contribution < -0.4 is 4.72 Å². The van der Waals surface area contributed by atoms with Crippen LogP contribution in [0.3, 0.4) is 0 Å². The Morgan fingerprint density at radius 2 is 1.83 bits per heavy atom. The van der Waals surface area contributed by atoms with Gasteiger partial charge in [0.1, 0.15) is 0 Å². The van der Waals surface area contributed by atoms with Gasteiger partial charge in [0.15, 0.2) is 0 Å². The molecule has 0 aliphatic heterocycles. The van der Waals surface area contributed by atoms with Gasteiger partial charge in [0.05, 0.1) is 9.82 Å². The van der Waals surface area contributed by atoms with E-state index in [1.54, 1.807) is 20.8 Å². The van der Waals surface area contributed by atoms with Crippen molar-refractivity contribution in [1.29, 1.82) is 0 Å². The Kier molecular flexibility index (Phi) is 6.13. The first-order valence-electron chi connectivity index (χ1n) is 7.70. The van der Waals surface area contributed by atoms with Crippen LogP contribution in [0.25, 0.3) is 0 Å². The van der Waals surface area contributed by atoms with Crippen molar-refractivity contribution >= 4 is 15.7 Å². The van der Waals surface area contributed by atoms with E-state index in [0.29, 0.717) is 17.7 Å². The molecule has 0 fully saturated rings. The summed E-state index contributed by atoms with van der Waals surface area (Å²) in [4.78, 5) is 12.4. The summed E-state index contributed by atoms with van der Waals surface area (Å²) >= 11 is 0. The lowest BCUT2D eigenvalue weighted by Gasteiger charge is -2.34. The average Bonchev–Trinajstić information content (AvgIpc) is 2.39. The monoisotopic (exact) mass is 357 g/mol. The zero-order chi connectivity index (χ0) is 18.9. The van der Waals surface area contributed by atoms with Crippen molar-refractivity contribution in [2.45, 2.75) is 45.6 Å². The van der Waals surface area contributed by atoms with Crippen LogP contribution in [0.2, 0.25) is 0 Å². The lowest BCUT2D eigenvalue weighted by atomic mass is 9.85. The second kappa shape index (κ2) is 7.16. The number of nitro benzene ring substituents is 1. The van der Waals surface area contributed by atoms with Crippen molar-refractivity contribution in [3.8, 4) is 0 Å². The maximum absolute atomic E-state index is 12.8. The molecule has 0 aliphatic carbocycles. The third kappa shape index (κ3) is 4.75. The molecular formula is C16H27N3O4S. The van der Waals surface area contributed by atoms with Gasteiger partial charge in [0.2, 0.25) is 10.0 Å². The minimum absolute atomic E-state index is 0.0401. The van der Waals surface area contributed by atoms with Crippen molar-refractivity contribution in [2.75, 3.05) is 20.6 Å². The van der Waals surface area contributed by atoms with Gasteiger partial charge >= 0.3 is 0 Å². The Morgan fingerprint density at radius 1 is 1.29 bits per heavy atom. The van der Waals surface area contributed by atoms with Gasteiger partial charge in [-0.1, -0.05) is 13.8 Å². The second-order valence-electron chi connectivity index (χ2n) is 7.21. The summed E-state index contributed by atoms with van der Waals surface area (Å²) in [5.74, 6) is 0. The van der Waals surface area contributed by atoms with Gasteiger partial charge in [0, 0.05) is 24.7 Å². The predicted molar refractivity (Wildman–Crippen MR) is 94.7 cm³/mol. The average molecular weight is 357 g/mol. The maximum Gasteiger partial charge on any atom is 0.271 e. The fourth-order valence-corrected chi connectivity index (χ4v) is 4.35. The molecule has 1 rings (SSSR count). The number of hydrogen-bond acceptors (Lipinski definition) is 5. The molecule has 0 heterocycles. The van der Waals surface area contributed by atoms with Crippen molar-refractivity contribution in [3.05, 3.63) is 33.4 Å². The largest absolute Gasteiger partial charge is 0.309 e. The molecule has 0 aliphatic rings. The van der Waals surface area contributed by atoms with Crippen LogP contribution in [0.5, 0.6) is 0 Å². The quantitative estimate of drug-likeness (QED) is 0.598. The van der Waals surface area contributed by atoms with E-state index in [-0.39, 0.29) is 22.0 Å². The molecule has 0 aromatic heterocycles. The second-order valence-corrected chi connectivity index (χ2v) is 8.89. The lowest BCUT2D eigenvalue weighted by Crippen LogP contribution is -2.47. The first-order valence-corrected chi connectivity index (χ1v) is 9.19. The number of nitrogens with zero attached hydrogens (tertiary/aromatic N) is 2. The Morgan fingerprint density at radius 3 is 2.29 bits per heavy atom. The normalized spacial score (nSPS) is 14.0. The SMILES string of the molecule is Cc1cc([N+](=O)[O-])cc(S(=O)(=O)N[C@H](C)C(C)(C)CN(C)C)c1C. The number of benzene rings is 1. The smallest absolute Gasteiger partial charge is 0.271 e. The molecule has 136 valence electrons. The highest BCUT2D eigenvalue weighted by atomic mass is 32.2. The zero-order valence-electron chi connectivity index (χ0n) is 15.4. The molecule has 1 N–H and O–H groups in total. The first-order chi connectivity index (χ1) is 10.8.